The van der Waals surface area contributed by atoms with Crippen molar-refractivity contribution in [2.24, 2.45) is 11.7 Å². The molecule has 0 amide bonds. The zero-order chi connectivity index (χ0) is 9.97. The number of hydrogen-bond donors (Lipinski definition) is 1. The molecule has 2 rings (SSSR count). The van der Waals surface area contributed by atoms with Gasteiger partial charge in [0.15, 0.2) is 0 Å². The highest BCUT2D eigenvalue weighted by Gasteiger charge is 2.15. The SMILES string of the molecule is NCC1CCSc2ccc(Cl)cc2C1. The number of hydrogen-bond acceptors (Lipinski definition) is 2. The van der Waals surface area contributed by atoms with Gasteiger partial charge < -0.3 is 5.73 Å². The minimum Gasteiger partial charge on any atom is -0.330 e. The van der Waals surface area contributed by atoms with Gasteiger partial charge in [-0.2, -0.15) is 0 Å². The van der Waals surface area contributed by atoms with Crippen LogP contribution in [0.5, 0.6) is 0 Å². The predicted octanol–water partition coefficient (Wildman–Crippen LogP) is 2.95. The van der Waals surface area contributed by atoms with Gasteiger partial charge in [0.1, 0.15) is 0 Å². The molecule has 14 heavy (non-hydrogen) atoms. The molecule has 1 aromatic rings. The fraction of sp³-hybridized carbons (Fsp3) is 0.455. The van der Waals surface area contributed by atoms with Gasteiger partial charge in [0.05, 0.1) is 0 Å². The first-order valence-corrected chi connectivity index (χ1v) is 6.27. The van der Waals surface area contributed by atoms with E-state index in [2.05, 4.69) is 12.1 Å². The highest BCUT2D eigenvalue weighted by Crippen LogP contribution is 2.32. The van der Waals surface area contributed by atoms with Crippen molar-refractivity contribution >= 4 is 23.4 Å². The zero-order valence-corrected chi connectivity index (χ0v) is 9.57. The summed E-state index contributed by atoms with van der Waals surface area (Å²) < 4.78 is 0. The van der Waals surface area contributed by atoms with Gasteiger partial charge in [-0.15, -0.1) is 11.8 Å². The maximum absolute atomic E-state index is 5.98. The molecule has 0 aliphatic carbocycles. The van der Waals surface area contributed by atoms with Crippen molar-refractivity contribution in [1.29, 1.82) is 0 Å². The minimum absolute atomic E-state index is 0.627. The van der Waals surface area contributed by atoms with E-state index in [4.69, 9.17) is 17.3 Å². The van der Waals surface area contributed by atoms with E-state index in [1.807, 2.05) is 17.8 Å². The molecule has 0 spiro atoms. The first kappa shape index (κ1) is 10.3. The lowest BCUT2D eigenvalue weighted by Crippen LogP contribution is -2.16. The molecule has 0 radical (unpaired) electrons. The Bertz CT molecular complexity index is 327. The second-order valence-corrected chi connectivity index (χ2v) is 5.27. The van der Waals surface area contributed by atoms with Crippen LogP contribution in [0, 0.1) is 5.92 Å². The first-order valence-electron chi connectivity index (χ1n) is 4.91. The third-order valence-corrected chi connectivity index (χ3v) is 4.03. The topological polar surface area (TPSA) is 26.0 Å². The van der Waals surface area contributed by atoms with E-state index in [1.165, 1.54) is 22.6 Å². The van der Waals surface area contributed by atoms with Gasteiger partial charge in [-0.1, -0.05) is 11.6 Å². The Labute approximate surface area is 94.0 Å². The van der Waals surface area contributed by atoms with Crippen LogP contribution in [0.2, 0.25) is 5.02 Å². The van der Waals surface area contributed by atoms with Gasteiger partial charge in [-0.3, -0.25) is 0 Å². The van der Waals surface area contributed by atoms with Gasteiger partial charge in [-0.25, -0.2) is 0 Å². The van der Waals surface area contributed by atoms with Gasteiger partial charge in [0.25, 0.3) is 0 Å². The van der Waals surface area contributed by atoms with Gasteiger partial charge in [-0.05, 0) is 54.8 Å². The molecule has 1 aliphatic rings. The molecule has 1 aliphatic heterocycles. The Kier molecular flexibility index (Phi) is 3.37. The summed E-state index contributed by atoms with van der Waals surface area (Å²) in [7, 11) is 0. The van der Waals surface area contributed by atoms with E-state index in [0.717, 1.165) is 18.0 Å². The molecule has 2 N–H and O–H groups in total. The van der Waals surface area contributed by atoms with E-state index in [1.54, 1.807) is 0 Å². The Balaban J connectivity index is 2.28. The molecule has 0 bridgehead atoms. The molecule has 1 unspecified atom stereocenters. The molecular formula is C11H14ClNS. The average Bonchev–Trinajstić information content (AvgIpc) is 2.38. The lowest BCUT2D eigenvalue weighted by molar-refractivity contribution is 0.524. The smallest absolute Gasteiger partial charge is 0.0409 e. The quantitative estimate of drug-likeness (QED) is 0.799. The van der Waals surface area contributed by atoms with Crippen molar-refractivity contribution in [3.05, 3.63) is 28.8 Å². The Hall–Kier alpha value is -0.180. The van der Waals surface area contributed by atoms with Crippen LogP contribution in [0.1, 0.15) is 12.0 Å². The molecule has 0 fully saturated rings. The summed E-state index contributed by atoms with van der Waals surface area (Å²) in [4.78, 5) is 1.38. The highest BCUT2D eigenvalue weighted by molar-refractivity contribution is 7.99. The van der Waals surface area contributed by atoms with Crippen LogP contribution in [0.15, 0.2) is 23.1 Å². The molecule has 1 atom stereocenters. The summed E-state index contributed by atoms with van der Waals surface area (Å²) in [6, 6.07) is 6.18. The number of benzene rings is 1. The highest BCUT2D eigenvalue weighted by atomic mass is 35.5. The molecule has 1 aromatic carbocycles. The standard InChI is InChI=1S/C11H14ClNS/c12-10-1-2-11-9(6-10)5-8(7-13)3-4-14-11/h1-2,6,8H,3-5,7,13H2. The second-order valence-electron chi connectivity index (χ2n) is 3.70. The van der Waals surface area contributed by atoms with Crippen molar-refractivity contribution in [2.45, 2.75) is 17.7 Å². The second kappa shape index (κ2) is 4.56. The van der Waals surface area contributed by atoms with Crippen LogP contribution in [-0.4, -0.2) is 12.3 Å². The fourth-order valence-electron chi connectivity index (χ4n) is 1.80. The maximum atomic E-state index is 5.98. The number of thioether (sulfide) groups is 1. The maximum Gasteiger partial charge on any atom is 0.0409 e. The molecule has 76 valence electrons. The largest absolute Gasteiger partial charge is 0.330 e. The van der Waals surface area contributed by atoms with Crippen LogP contribution in [0.4, 0.5) is 0 Å². The fourth-order valence-corrected chi connectivity index (χ4v) is 3.16. The summed E-state index contributed by atoms with van der Waals surface area (Å²) in [5, 5.41) is 0.835. The average molecular weight is 228 g/mol. The van der Waals surface area contributed by atoms with Crippen LogP contribution in [-0.2, 0) is 6.42 Å². The van der Waals surface area contributed by atoms with Crippen molar-refractivity contribution in [3.63, 3.8) is 0 Å². The van der Waals surface area contributed by atoms with Crippen molar-refractivity contribution in [3.8, 4) is 0 Å². The number of halogens is 1. The van der Waals surface area contributed by atoms with Crippen molar-refractivity contribution in [1.82, 2.24) is 0 Å². The van der Waals surface area contributed by atoms with Crippen molar-refractivity contribution < 1.29 is 0 Å². The third-order valence-electron chi connectivity index (χ3n) is 2.65. The summed E-state index contributed by atoms with van der Waals surface area (Å²) in [6.07, 6.45) is 2.30. The van der Waals surface area contributed by atoms with Crippen LogP contribution < -0.4 is 5.73 Å². The zero-order valence-electron chi connectivity index (χ0n) is 8.00. The van der Waals surface area contributed by atoms with E-state index >= 15 is 0 Å². The first-order chi connectivity index (χ1) is 6.79. The predicted molar refractivity (Wildman–Crippen MR) is 63.0 cm³/mol. The van der Waals surface area contributed by atoms with Crippen molar-refractivity contribution in [2.75, 3.05) is 12.3 Å². The summed E-state index contributed by atoms with van der Waals surface area (Å²) in [6.45, 7) is 0.784. The van der Waals surface area contributed by atoms with E-state index < -0.39 is 0 Å². The molecule has 3 heteroatoms. The van der Waals surface area contributed by atoms with E-state index in [9.17, 15) is 0 Å². The van der Waals surface area contributed by atoms with Gasteiger partial charge in [0, 0.05) is 9.92 Å². The summed E-state index contributed by atoms with van der Waals surface area (Å²) in [5.41, 5.74) is 7.10. The Morgan fingerprint density at radius 1 is 1.50 bits per heavy atom. The number of fused-ring (bicyclic) bond motifs is 1. The number of nitrogens with two attached hydrogens (primary N) is 1. The Morgan fingerprint density at radius 2 is 2.36 bits per heavy atom. The Morgan fingerprint density at radius 3 is 3.14 bits per heavy atom. The lowest BCUT2D eigenvalue weighted by atomic mass is 9.97. The van der Waals surface area contributed by atoms with Gasteiger partial charge in [0.2, 0.25) is 0 Å². The molecule has 1 heterocycles. The van der Waals surface area contributed by atoms with Crippen LogP contribution in [0.25, 0.3) is 0 Å². The molecule has 0 saturated heterocycles. The molecule has 0 saturated carbocycles. The van der Waals surface area contributed by atoms with Crippen LogP contribution in [0.3, 0.4) is 0 Å². The minimum atomic E-state index is 0.627. The van der Waals surface area contributed by atoms with E-state index in [-0.39, 0.29) is 0 Å². The molecule has 0 aromatic heterocycles. The summed E-state index contributed by atoms with van der Waals surface area (Å²) >= 11 is 7.90. The molecular weight excluding hydrogens is 214 g/mol. The third kappa shape index (κ3) is 2.25. The monoisotopic (exact) mass is 227 g/mol. The molecule has 1 nitrogen and oxygen atoms in total. The summed E-state index contributed by atoms with van der Waals surface area (Å²) in [5.74, 6) is 1.80. The number of rotatable bonds is 1. The van der Waals surface area contributed by atoms with Gasteiger partial charge >= 0.3 is 0 Å². The lowest BCUT2D eigenvalue weighted by Gasteiger charge is -2.10. The van der Waals surface area contributed by atoms with E-state index in [0.29, 0.717) is 5.92 Å². The van der Waals surface area contributed by atoms with Crippen LogP contribution >= 0.6 is 23.4 Å². The normalized spacial score (nSPS) is 21.4.